The average Bonchev–Trinajstić information content (AvgIpc) is 2.56. The van der Waals surface area contributed by atoms with Crippen molar-refractivity contribution in [2.24, 2.45) is 0 Å². The molecule has 1 unspecified atom stereocenters. The second kappa shape index (κ2) is 8.60. The van der Waals surface area contributed by atoms with E-state index in [-0.39, 0.29) is 5.91 Å². The normalized spacial score (nSPS) is 11.7. The van der Waals surface area contributed by atoms with Crippen molar-refractivity contribution in [3.8, 4) is 11.5 Å². The van der Waals surface area contributed by atoms with E-state index in [0.29, 0.717) is 23.9 Å². The van der Waals surface area contributed by atoms with Gasteiger partial charge in [-0.1, -0.05) is 29.8 Å². The fourth-order valence-corrected chi connectivity index (χ4v) is 2.26. The molecule has 2 aromatic carbocycles. The zero-order chi connectivity index (χ0) is 17.5. The van der Waals surface area contributed by atoms with Crippen LogP contribution in [0.1, 0.15) is 18.1 Å². The minimum atomic E-state index is -0.633. The highest BCUT2D eigenvalue weighted by atomic mass is 35.5. The average molecular weight is 348 g/mol. The zero-order valence-corrected chi connectivity index (χ0v) is 14.9. The maximum atomic E-state index is 12.0. The minimum Gasteiger partial charge on any atom is -0.492 e. The summed E-state index contributed by atoms with van der Waals surface area (Å²) < 4.78 is 11.2. The minimum absolute atomic E-state index is 0.210. The highest BCUT2D eigenvalue weighted by Gasteiger charge is 2.15. The molecule has 0 aliphatic carbocycles. The summed E-state index contributed by atoms with van der Waals surface area (Å²) in [4.78, 5) is 12.0. The lowest BCUT2D eigenvalue weighted by atomic mass is 10.1. The van der Waals surface area contributed by atoms with E-state index in [1.165, 1.54) is 11.1 Å². The Morgan fingerprint density at radius 1 is 1.17 bits per heavy atom. The van der Waals surface area contributed by atoms with Crippen LogP contribution in [-0.4, -0.2) is 25.2 Å². The Morgan fingerprint density at radius 2 is 1.92 bits per heavy atom. The molecule has 128 valence electrons. The number of carbonyl (C=O) groups excluding carboxylic acids is 1. The molecule has 4 nitrogen and oxygen atoms in total. The quantitative estimate of drug-likeness (QED) is 0.772. The van der Waals surface area contributed by atoms with Gasteiger partial charge in [-0.3, -0.25) is 4.79 Å². The molecule has 0 fully saturated rings. The molecule has 5 heteroatoms. The fraction of sp³-hybridized carbons (Fsp3) is 0.316. The smallest absolute Gasteiger partial charge is 0.260 e. The maximum Gasteiger partial charge on any atom is 0.260 e. The number of rotatable bonds is 7. The largest absolute Gasteiger partial charge is 0.492 e. The number of benzene rings is 2. The van der Waals surface area contributed by atoms with Gasteiger partial charge in [0.2, 0.25) is 0 Å². The number of ether oxygens (including phenoxy) is 2. The lowest BCUT2D eigenvalue weighted by molar-refractivity contribution is -0.127. The van der Waals surface area contributed by atoms with Gasteiger partial charge in [0.15, 0.2) is 6.10 Å². The van der Waals surface area contributed by atoms with Crippen LogP contribution in [0, 0.1) is 13.8 Å². The van der Waals surface area contributed by atoms with Crippen molar-refractivity contribution in [3.63, 3.8) is 0 Å². The van der Waals surface area contributed by atoms with Crippen molar-refractivity contribution < 1.29 is 14.3 Å². The van der Waals surface area contributed by atoms with Gasteiger partial charge in [0.25, 0.3) is 5.91 Å². The standard InChI is InChI=1S/C19H22ClNO3/c1-13-8-9-16(12-14(13)2)23-11-10-21-19(22)15(3)24-18-7-5-4-6-17(18)20/h4-9,12,15H,10-11H2,1-3H3,(H,21,22). The Bertz CT molecular complexity index is 703. The topological polar surface area (TPSA) is 47.6 Å². The molecule has 2 rings (SSSR count). The third-order valence-electron chi connectivity index (χ3n) is 3.66. The van der Waals surface area contributed by atoms with Crippen molar-refractivity contribution in [1.29, 1.82) is 0 Å². The van der Waals surface area contributed by atoms with Crippen LogP contribution >= 0.6 is 11.6 Å². The molecule has 1 amide bonds. The van der Waals surface area contributed by atoms with Crippen molar-refractivity contribution in [2.45, 2.75) is 26.9 Å². The van der Waals surface area contributed by atoms with E-state index in [0.717, 1.165) is 5.75 Å². The summed E-state index contributed by atoms with van der Waals surface area (Å²) in [5.41, 5.74) is 2.40. The highest BCUT2D eigenvalue weighted by molar-refractivity contribution is 6.32. The van der Waals surface area contributed by atoms with Crippen molar-refractivity contribution in [1.82, 2.24) is 5.32 Å². The molecule has 0 saturated carbocycles. The van der Waals surface area contributed by atoms with E-state index in [1.807, 2.05) is 37.3 Å². The number of amides is 1. The molecule has 0 radical (unpaired) electrons. The Labute approximate surface area is 147 Å². The van der Waals surface area contributed by atoms with E-state index >= 15 is 0 Å². The number of para-hydroxylation sites is 1. The van der Waals surface area contributed by atoms with Crippen molar-refractivity contribution in [2.75, 3.05) is 13.2 Å². The van der Waals surface area contributed by atoms with E-state index in [4.69, 9.17) is 21.1 Å². The van der Waals surface area contributed by atoms with Crippen LogP contribution in [0.4, 0.5) is 0 Å². The lowest BCUT2D eigenvalue weighted by Gasteiger charge is -2.15. The molecule has 0 aromatic heterocycles. The van der Waals surface area contributed by atoms with Gasteiger partial charge in [0, 0.05) is 0 Å². The summed E-state index contributed by atoms with van der Waals surface area (Å²) in [7, 11) is 0. The van der Waals surface area contributed by atoms with Crippen molar-refractivity contribution in [3.05, 3.63) is 58.6 Å². The Balaban J connectivity index is 1.74. The molecular weight excluding hydrogens is 326 g/mol. The zero-order valence-electron chi connectivity index (χ0n) is 14.1. The Kier molecular flexibility index (Phi) is 6.50. The first-order valence-corrected chi connectivity index (χ1v) is 8.24. The first-order chi connectivity index (χ1) is 11.5. The van der Waals surface area contributed by atoms with Crippen LogP contribution in [0.25, 0.3) is 0 Å². The number of carbonyl (C=O) groups is 1. The van der Waals surface area contributed by atoms with E-state index in [9.17, 15) is 4.79 Å². The summed E-state index contributed by atoms with van der Waals surface area (Å²) >= 11 is 6.01. The van der Waals surface area contributed by atoms with Crippen LogP contribution in [0.5, 0.6) is 11.5 Å². The summed E-state index contributed by atoms with van der Waals surface area (Å²) in [5, 5.41) is 3.27. The monoisotopic (exact) mass is 347 g/mol. The summed E-state index contributed by atoms with van der Waals surface area (Å²) in [6.07, 6.45) is -0.633. The number of halogens is 1. The molecule has 0 bridgehead atoms. The second-order valence-electron chi connectivity index (χ2n) is 5.58. The third kappa shape index (κ3) is 5.17. The van der Waals surface area contributed by atoms with Gasteiger partial charge in [-0.25, -0.2) is 0 Å². The third-order valence-corrected chi connectivity index (χ3v) is 3.97. The molecule has 24 heavy (non-hydrogen) atoms. The van der Waals surface area contributed by atoms with Gasteiger partial charge < -0.3 is 14.8 Å². The first kappa shape index (κ1) is 18.1. The molecule has 1 atom stereocenters. The van der Waals surface area contributed by atoms with Gasteiger partial charge in [-0.05, 0) is 56.2 Å². The van der Waals surface area contributed by atoms with Gasteiger partial charge in [0.05, 0.1) is 11.6 Å². The summed E-state index contributed by atoms with van der Waals surface area (Å²) in [6.45, 7) is 6.58. The van der Waals surface area contributed by atoms with Crippen LogP contribution in [-0.2, 0) is 4.79 Å². The second-order valence-corrected chi connectivity index (χ2v) is 5.98. The van der Waals surface area contributed by atoms with E-state index in [2.05, 4.69) is 12.2 Å². The van der Waals surface area contributed by atoms with Crippen LogP contribution < -0.4 is 14.8 Å². The van der Waals surface area contributed by atoms with Crippen LogP contribution in [0.3, 0.4) is 0 Å². The summed E-state index contributed by atoms with van der Waals surface area (Å²) in [6, 6.07) is 13.0. The predicted molar refractivity (Wildman–Crippen MR) is 96.0 cm³/mol. The molecule has 0 aliphatic heterocycles. The first-order valence-electron chi connectivity index (χ1n) is 7.86. The number of aryl methyl sites for hydroxylation is 2. The lowest BCUT2D eigenvalue weighted by Crippen LogP contribution is -2.38. The molecule has 0 heterocycles. The fourth-order valence-electron chi connectivity index (χ4n) is 2.07. The van der Waals surface area contributed by atoms with Crippen LogP contribution in [0.15, 0.2) is 42.5 Å². The maximum absolute atomic E-state index is 12.0. The Morgan fingerprint density at radius 3 is 2.62 bits per heavy atom. The van der Waals surface area contributed by atoms with Gasteiger partial charge in [0.1, 0.15) is 18.1 Å². The number of hydrogen-bond donors (Lipinski definition) is 1. The highest BCUT2D eigenvalue weighted by Crippen LogP contribution is 2.24. The Hall–Kier alpha value is -2.20. The van der Waals surface area contributed by atoms with Gasteiger partial charge in [-0.15, -0.1) is 0 Å². The van der Waals surface area contributed by atoms with Gasteiger partial charge in [-0.2, -0.15) is 0 Å². The molecule has 0 spiro atoms. The van der Waals surface area contributed by atoms with E-state index < -0.39 is 6.10 Å². The molecule has 0 saturated heterocycles. The predicted octanol–water partition coefficient (Wildman–Crippen LogP) is 3.92. The van der Waals surface area contributed by atoms with Crippen LogP contribution in [0.2, 0.25) is 5.02 Å². The summed E-state index contributed by atoms with van der Waals surface area (Å²) in [5.74, 6) is 1.08. The molecular formula is C19H22ClNO3. The van der Waals surface area contributed by atoms with Crippen molar-refractivity contribution >= 4 is 17.5 Å². The molecule has 1 N–H and O–H groups in total. The molecule has 2 aromatic rings. The van der Waals surface area contributed by atoms with E-state index in [1.54, 1.807) is 19.1 Å². The molecule has 0 aliphatic rings. The van der Waals surface area contributed by atoms with Gasteiger partial charge >= 0.3 is 0 Å². The SMILES string of the molecule is Cc1ccc(OCCNC(=O)C(C)Oc2ccccc2Cl)cc1C. The number of hydrogen-bond acceptors (Lipinski definition) is 3. The number of nitrogens with one attached hydrogen (secondary N) is 1.